The number of aromatic carboxylic acids is 1. The second-order valence-electron chi connectivity index (χ2n) is 7.68. The smallest absolute Gasteiger partial charge is 0.339 e. The van der Waals surface area contributed by atoms with Gasteiger partial charge in [0.2, 0.25) is 0 Å². The molecule has 0 fully saturated rings. The van der Waals surface area contributed by atoms with Crippen molar-refractivity contribution in [1.29, 1.82) is 0 Å². The topological polar surface area (TPSA) is 59.0 Å². The molecule has 0 aliphatic rings. The van der Waals surface area contributed by atoms with Crippen molar-refractivity contribution in [2.45, 2.75) is 58.3 Å². The summed E-state index contributed by atoms with van der Waals surface area (Å²) in [6.45, 7) is 10.7. The molecule has 1 aromatic rings. The minimum atomic E-state index is -0.953. The van der Waals surface area contributed by atoms with Crippen LogP contribution in [0.1, 0.15) is 72.9 Å². The number of methoxy groups -OCH3 is 1. The van der Waals surface area contributed by atoms with Crippen molar-refractivity contribution in [2.75, 3.05) is 40.5 Å². The van der Waals surface area contributed by atoms with Gasteiger partial charge in [0.05, 0.1) is 6.61 Å². The monoisotopic (exact) mass is 405 g/mol. The van der Waals surface area contributed by atoms with Gasteiger partial charge in [-0.25, -0.2) is 4.79 Å². The van der Waals surface area contributed by atoms with E-state index in [1.807, 2.05) is 26.1 Å². The highest BCUT2D eigenvalue weighted by Crippen LogP contribution is 2.35. The molecule has 0 aliphatic heterocycles. The van der Waals surface area contributed by atoms with Crippen molar-refractivity contribution in [3.05, 3.63) is 41.5 Å². The van der Waals surface area contributed by atoms with Crippen molar-refractivity contribution in [2.24, 2.45) is 0 Å². The number of benzene rings is 1. The number of nitrogens with zero attached hydrogens (tertiary/aromatic N) is 1. The summed E-state index contributed by atoms with van der Waals surface area (Å²) < 4.78 is 11.1. The Morgan fingerprint density at radius 3 is 2.59 bits per heavy atom. The Labute approximate surface area is 176 Å². The summed E-state index contributed by atoms with van der Waals surface area (Å²) in [5.41, 5.74) is 2.34. The number of carboxylic acid groups (broad SMARTS) is 1. The second kappa shape index (κ2) is 14.2. The minimum absolute atomic E-state index is 0.231. The third-order valence-electron chi connectivity index (χ3n) is 5.37. The SMILES string of the molecule is C=CCC(CCCCCC)c1ccc(C(=O)O)c(OCCN(C)CCOC)c1C. The minimum Gasteiger partial charge on any atom is -0.491 e. The van der Waals surface area contributed by atoms with E-state index in [9.17, 15) is 9.90 Å². The molecule has 5 nitrogen and oxygen atoms in total. The van der Waals surface area contributed by atoms with Crippen LogP contribution in [0.5, 0.6) is 5.75 Å². The van der Waals surface area contributed by atoms with Gasteiger partial charge in [-0.15, -0.1) is 6.58 Å². The zero-order valence-corrected chi connectivity index (χ0v) is 18.7. The van der Waals surface area contributed by atoms with Gasteiger partial charge in [0.1, 0.15) is 17.9 Å². The number of unbranched alkanes of at least 4 members (excludes halogenated alkanes) is 3. The molecule has 164 valence electrons. The molecule has 29 heavy (non-hydrogen) atoms. The van der Waals surface area contributed by atoms with Crippen LogP contribution in [0.3, 0.4) is 0 Å². The number of carbonyl (C=O) groups is 1. The van der Waals surface area contributed by atoms with Crippen LogP contribution < -0.4 is 4.74 Å². The molecular formula is C24H39NO4. The van der Waals surface area contributed by atoms with E-state index in [0.717, 1.165) is 24.9 Å². The zero-order valence-electron chi connectivity index (χ0n) is 18.7. The summed E-state index contributed by atoms with van der Waals surface area (Å²) in [4.78, 5) is 13.8. The van der Waals surface area contributed by atoms with Gasteiger partial charge < -0.3 is 19.5 Å². The maximum Gasteiger partial charge on any atom is 0.339 e. The van der Waals surface area contributed by atoms with Crippen molar-refractivity contribution in [3.63, 3.8) is 0 Å². The average molecular weight is 406 g/mol. The molecular weight excluding hydrogens is 366 g/mol. The lowest BCUT2D eigenvalue weighted by atomic mass is 9.86. The predicted molar refractivity (Wildman–Crippen MR) is 119 cm³/mol. The maximum atomic E-state index is 11.7. The van der Waals surface area contributed by atoms with E-state index in [4.69, 9.17) is 9.47 Å². The number of hydrogen-bond acceptors (Lipinski definition) is 4. The van der Waals surface area contributed by atoms with E-state index in [1.54, 1.807) is 13.2 Å². The molecule has 1 atom stereocenters. The highest BCUT2D eigenvalue weighted by Gasteiger charge is 2.21. The van der Waals surface area contributed by atoms with Crippen molar-refractivity contribution in [1.82, 2.24) is 4.90 Å². The van der Waals surface area contributed by atoms with Crippen LogP contribution in [-0.2, 0) is 4.74 Å². The molecule has 1 rings (SSSR count). The highest BCUT2D eigenvalue weighted by molar-refractivity contribution is 5.91. The fourth-order valence-corrected chi connectivity index (χ4v) is 3.59. The fourth-order valence-electron chi connectivity index (χ4n) is 3.59. The summed E-state index contributed by atoms with van der Waals surface area (Å²) in [6.07, 6.45) is 8.80. The Morgan fingerprint density at radius 1 is 1.24 bits per heavy atom. The summed E-state index contributed by atoms with van der Waals surface area (Å²) >= 11 is 0. The van der Waals surface area contributed by atoms with Crippen LogP contribution in [0.4, 0.5) is 0 Å². The Kier molecular flexibility index (Phi) is 12.3. The van der Waals surface area contributed by atoms with Gasteiger partial charge in [-0.05, 0) is 49.9 Å². The van der Waals surface area contributed by atoms with Crippen LogP contribution in [0, 0.1) is 6.92 Å². The molecule has 1 aromatic carbocycles. The molecule has 1 unspecified atom stereocenters. The molecule has 0 spiro atoms. The van der Waals surface area contributed by atoms with E-state index >= 15 is 0 Å². The zero-order chi connectivity index (χ0) is 21.6. The summed E-state index contributed by atoms with van der Waals surface area (Å²) in [7, 11) is 3.68. The van der Waals surface area contributed by atoms with Crippen LogP contribution in [-0.4, -0.2) is 56.4 Å². The highest BCUT2D eigenvalue weighted by atomic mass is 16.5. The first kappa shape index (κ1) is 25.2. The van der Waals surface area contributed by atoms with Crippen LogP contribution in [0.25, 0.3) is 0 Å². The Morgan fingerprint density at radius 2 is 1.97 bits per heavy atom. The van der Waals surface area contributed by atoms with E-state index in [1.165, 1.54) is 31.2 Å². The molecule has 0 saturated carbocycles. The second-order valence-corrected chi connectivity index (χ2v) is 7.68. The molecule has 0 amide bonds. The molecule has 5 heteroatoms. The summed E-state index contributed by atoms with van der Waals surface area (Å²) in [5, 5.41) is 9.62. The molecule has 1 N–H and O–H groups in total. The normalized spacial score (nSPS) is 12.2. The summed E-state index contributed by atoms with van der Waals surface area (Å²) in [5.74, 6) is -0.109. The van der Waals surface area contributed by atoms with Gasteiger partial charge >= 0.3 is 5.97 Å². The molecule has 0 radical (unpaired) electrons. The maximum absolute atomic E-state index is 11.7. The first-order chi connectivity index (χ1) is 14.0. The predicted octanol–water partition coefficient (Wildman–Crippen LogP) is 5.28. The van der Waals surface area contributed by atoms with Gasteiger partial charge in [-0.2, -0.15) is 0 Å². The lowest BCUT2D eigenvalue weighted by Gasteiger charge is -2.22. The molecule has 0 saturated heterocycles. The van der Waals surface area contributed by atoms with Gasteiger partial charge in [0.25, 0.3) is 0 Å². The number of ether oxygens (including phenoxy) is 2. The van der Waals surface area contributed by atoms with E-state index in [-0.39, 0.29) is 5.56 Å². The van der Waals surface area contributed by atoms with E-state index < -0.39 is 5.97 Å². The standard InChI is InChI=1S/C24H39NO4/c1-6-8-9-10-12-20(11-7-2)21-13-14-22(24(26)27)23(19(21)3)29-18-16-25(4)15-17-28-5/h7,13-14,20H,2,6,8-12,15-18H2,1,3-5H3,(H,26,27). The van der Waals surface area contributed by atoms with Crippen LogP contribution in [0.2, 0.25) is 0 Å². The average Bonchev–Trinajstić information content (AvgIpc) is 2.69. The van der Waals surface area contributed by atoms with Gasteiger partial charge in [0.15, 0.2) is 0 Å². The van der Waals surface area contributed by atoms with Crippen LogP contribution >= 0.6 is 0 Å². The molecule has 0 aromatic heterocycles. The Hall–Kier alpha value is -1.85. The molecule has 0 bridgehead atoms. The quantitative estimate of drug-likeness (QED) is 0.299. The number of likely N-dealkylation sites (N-methyl/N-ethyl adjacent to an activating group) is 1. The molecule has 0 heterocycles. The lowest BCUT2D eigenvalue weighted by Crippen LogP contribution is -2.28. The largest absolute Gasteiger partial charge is 0.491 e. The molecule has 0 aliphatic carbocycles. The van der Waals surface area contributed by atoms with Gasteiger partial charge in [0, 0.05) is 20.2 Å². The van der Waals surface area contributed by atoms with E-state index in [0.29, 0.717) is 31.4 Å². The first-order valence-electron chi connectivity index (χ1n) is 10.7. The van der Waals surface area contributed by atoms with Crippen molar-refractivity contribution >= 4 is 5.97 Å². The Bertz CT molecular complexity index is 630. The Balaban J connectivity index is 2.97. The number of carboxylic acids is 1. The van der Waals surface area contributed by atoms with Crippen molar-refractivity contribution < 1.29 is 19.4 Å². The third kappa shape index (κ3) is 8.58. The number of rotatable bonds is 16. The summed E-state index contributed by atoms with van der Waals surface area (Å²) in [6, 6.07) is 3.65. The fraction of sp³-hybridized carbons (Fsp3) is 0.625. The lowest BCUT2D eigenvalue weighted by molar-refractivity contribution is 0.0691. The number of hydrogen-bond donors (Lipinski definition) is 1. The van der Waals surface area contributed by atoms with Gasteiger partial charge in [-0.1, -0.05) is 44.7 Å². The first-order valence-corrected chi connectivity index (χ1v) is 10.7. The third-order valence-corrected chi connectivity index (χ3v) is 5.37. The van der Waals surface area contributed by atoms with E-state index in [2.05, 4.69) is 18.4 Å². The number of allylic oxidation sites excluding steroid dienone is 1. The van der Waals surface area contributed by atoms with Crippen LogP contribution in [0.15, 0.2) is 24.8 Å². The van der Waals surface area contributed by atoms with Crippen molar-refractivity contribution in [3.8, 4) is 5.75 Å². The van der Waals surface area contributed by atoms with Gasteiger partial charge in [-0.3, -0.25) is 0 Å².